The first-order valence-electron chi connectivity index (χ1n) is 10.7. The number of nitrogens with one attached hydrogen (secondary N) is 1. The van der Waals surface area contributed by atoms with Gasteiger partial charge >= 0.3 is 0 Å². The highest BCUT2D eigenvalue weighted by Gasteiger charge is 2.41. The largest absolute Gasteiger partial charge is 0.288 e. The fraction of sp³-hybridized carbons (Fsp3) is 0.435. The Hall–Kier alpha value is -2.51. The van der Waals surface area contributed by atoms with E-state index >= 15 is 0 Å². The van der Waals surface area contributed by atoms with Gasteiger partial charge in [-0.25, -0.2) is 9.50 Å². The van der Waals surface area contributed by atoms with E-state index in [-0.39, 0.29) is 5.41 Å². The summed E-state index contributed by atoms with van der Waals surface area (Å²) in [5.41, 5.74) is 7.25. The highest BCUT2D eigenvalue weighted by molar-refractivity contribution is 7.13. The van der Waals surface area contributed by atoms with Crippen molar-refractivity contribution < 1.29 is 0 Å². The van der Waals surface area contributed by atoms with E-state index in [9.17, 15) is 0 Å². The van der Waals surface area contributed by atoms with Crippen LogP contribution in [0.15, 0.2) is 36.0 Å². The minimum atomic E-state index is 0.0275. The van der Waals surface area contributed by atoms with Crippen LogP contribution in [-0.2, 0) is 18.4 Å². The van der Waals surface area contributed by atoms with Crippen molar-refractivity contribution in [2.24, 2.45) is 0 Å². The Bertz CT molecular complexity index is 1210. The molecule has 0 unspecified atom stereocenters. The minimum Gasteiger partial charge on any atom is -0.288 e. The van der Waals surface area contributed by atoms with Gasteiger partial charge in [-0.2, -0.15) is 10.2 Å². The molecule has 6 nitrogen and oxygen atoms in total. The number of aromatic nitrogens is 5. The third-order valence-electron chi connectivity index (χ3n) is 6.65. The number of nitrogens with zero attached hydrogens (tertiary/aromatic N) is 5. The first-order chi connectivity index (χ1) is 14.5. The van der Waals surface area contributed by atoms with Gasteiger partial charge in [0.2, 0.25) is 0 Å². The number of hydrogen-bond acceptors (Lipinski definition) is 5. The Balaban J connectivity index is 1.37. The van der Waals surface area contributed by atoms with Crippen LogP contribution in [0.25, 0.3) is 16.2 Å². The number of fused-ring (bicyclic) bond motifs is 6. The van der Waals surface area contributed by atoms with Crippen molar-refractivity contribution in [2.75, 3.05) is 0 Å². The van der Waals surface area contributed by atoms with Crippen LogP contribution in [0.3, 0.4) is 0 Å². The molecule has 0 aliphatic carbocycles. The van der Waals surface area contributed by atoms with Gasteiger partial charge in [-0.3, -0.25) is 10.00 Å². The van der Waals surface area contributed by atoms with Crippen LogP contribution < -0.4 is 0 Å². The maximum absolute atomic E-state index is 4.96. The standard InChI is InChI=1S/C23H26N6S/c1-23(2,3)20-10-21-24-12-16-17-7-6-15(9-18(16)29(21)27-20)28(17)13-14-11-25-26-22(14)19-5-4-8-30-19/h4-5,8,10-12,15,17H,6-7,9,13H2,1-3H3,(H,25,26)/t15-,17+/m1/s1. The Labute approximate surface area is 180 Å². The number of hydrogen-bond donors (Lipinski definition) is 1. The van der Waals surface area contributed by atoms with Crippen molar-refractivity contribution in [1.82, 2.24) is 29.7 Å². The molecule has 0 radical (unpaired) electrons. The van der Waals surface area contributed by atoms with E-state index in [1.54, 1.807) is 11.3 Å². The monoisotopic (exact) mass is 418 g/mol. The quantitative estimate of drug-likeness (QED) is 0.522. The van der Waals surface area contributed by atoms with Crippen LogP contribution in [0.5, 0.6) is 0 Å². The fourth-order valence-corrected chi connectivity index (χ4v) is 5.81. The van der Waals surface area contributed by atoms with Crippen molar-refractivity contribution >= 4 is 17.0 Å². The smallest absolute Gasteiger partial charge is 0.155 e. The van der Waals surface area contributed by atoms with Gasteiger partial charge < -0.3 is 0 Å². The van der Waals surface area contributed by atoms with Gasteiger partial charge in [0.25, 0.3) is 0 Å². The van der Waals surface area contributed by atoms with Crippen LogP contribution >= 0.6 is 11.3 Å². The number of H-pyrrole nitrogens is 1. The zero-order valence-corrected chi connectivity index (χ0v) is 18.4. The summed E-state index contributed by atoms with van der Waals surface area (Å²) in [4.78, 5) is 8.70. The molecule has 2 aliphatic heterocycles. The molecule has 0 aromatic carbocycles. The molecule has 7 heteroatoms. The van der Waals surface area contributed by atoms with E-state index in [2.05, 4.69) is 70.2 Å². The van der Waals surface area contributed by atoms with Gasteiger partial charge in [-0.05, 0) is 24.3 Å². The molecular formula is C23H26N6S. The molecule has 154 valence electrons. The minimum absolute atomic E-state index is 0.0275. The molecule has 0 saturated carbocycles. The molecule has 2 bridgehead atoms. The van der Waals surface area contributed by atoms with E-state index in [0.717, 1.165) is 30.0 Å². The topological polar surface area (TPSA) is 62.1 Å². The van der Waals surface area contributed by atoms with Crippen LogP contribution in [0.4, 0.5) is 0 Å². The second-order valence-electron chi connectivity index (χ2n) is 9.58. The van der Waals surface area contributed by atoms with Crippen molar-refractivity contribution in [1.29, 1.82) is 0 Å². The SMILES string of the molecule is CC(C)(C)c1cc2ncc3c(n2n1)C[C@H]1CC[C@@H]3N1Cc1cn[nH]c1-c1cccs1. The second-order valence-corrected chi connectivity index (χ2v) is 10.5. The average molecular weight is 419 g/mol. The number of rotatable bonds is 3. The summed E-state index contributed by atoms with van der Waals surface area (Å²) in [6.45, 7) is 7.55. The lowest BCUT2D eigenvalue weighted by atomic mass is 9.93. The van der Waals surface area contributed by atoms with Gasteiger partial charge in [0.1, 0.15) is 0 Å². The molecule has 30 heavy (non-hydrogen) atoms. The van der Waals surface area contributed by atoms with Crippen molar-refractivity contribution in [3.05, 3.63) is 58.5 Å². The van der Waals surface area contributed by atoms with E-state index in [1.165, 1.54) is 34.5 Å². The molecule has 1 fully saturated rings. The lowest BCUT2D eigenvalue weighted by Gasteiger charge is -2.36. The van der Waals surface area contributed by atoms with Crippen LogP contribution in [0, 0.1) is 0 Å². The summed E-state index contributed by atoms with van der Waals surface area (Å²) >= 11 is 1.76. The van der Waals surface area contributed by atoms with E-state index in [4.69, 9.17) is 10.1 Å². The highest BCUT2D eigenvalue weighted by atomic mass is 32.1. The Morgan fingerprint density at radius 2 is 2.13 bits per heavy atom. The highest BCUT2D eigenvalue weighted by Crippen LogP contribution is 2.45. The number of aromatic amines is 1. The molecule has 0 amide bonds. The fourth-order valence-electron chi connectivity index (χ4n) is 5.06. The van der Waals surface area contributed by atoms with Crippen LogP contribution in [0.2, 0.25) is 0 Å². The van der Waals surface area contributed by atoms with Crippen molar-refractivity contribution in [3.8, 4) is 10.6 Å². The number of thiophene rings is 1. The average Bonchev–Trinajstić information content (AvgIpc) is 3.47. The molecule has 6 heterocycles. The second kappa shape index (κ2) is 6.49. The Kier molecular flexibility index (Phi) is 3.95. The predicted octanol–water partition coefficient (Wildman–Crippen LogP) is 4.74. The molecule has 1 N–H and O–H groups in total. The molecule has 4 aromatic rings. The summed E-state index contributed by atoms with van der Waals surface area (Å²) in [6.07, 6.45) is 7.54. The molecule has 0 spiro atoms. The van der Waals surface area contributed by atoms with E-state index in [0.29, 0.717) is 12.1 Å². The molecular weight excluding hydrogens is 392 g/mol. The molecule has 2 atom stereocenters. The maximum Gasteiger partial charge on any atom is 0.155 e. The van der Waals surface area contributed by atoms with Gasteiger partial charge in [0.05, 0.1) is 28.2 Å². The van der Waals surface area contributed by atoms with Gasteiger partial charge in [-0.1, -0.05) is 26.8 Å². The molecule has 2 aliphatic rings. The van der Waals surface area contributed by atoms with Gasteiger partial charge in [0, 0.05) is 53.9 Å². The third kappa shape index (κ3) is 2.76. The van der Waals surface area contributed by atoms with E-state index < -0.39 is 0 Å². The van der Waals surface area contributed by atoms with Crippen LogP contribution in [0.1, 0.15) is 62.2 Å². The summed E-state index contributed by atoms with van der Waals surface area (Å²) in [5, 5.41) is 14.7. The lowest BCUT2D eigenvalue weighted by molar-refractivity contribution is 0.165. The summed E-state index contributed by atoms with van der Waals surface area (Å²) in [6, 6.07) is 7.35. The maximum atomic E-state index is 4.96. The van der Waals surface area contributed by atoms with Crippen LogP contribution in [-0.4, -0.2) is 35.7 Å². The summed E-state index contributed by atoms with van der Waals surface area (Å²) in [5.74, 6) is 0. The molecule has 6 rings (SSSR count). The summed E-state index contributed by atoms with van der Waals surface area (Å²) < 4.78 is 2.12. The molecule has 4 aromatic heterocycles. The van der Waals surface area contributed by atoms with Gasteiger partial charge in [-0.15, -0.1) is 11.3 Å². The van der Waals surface area contributed by atoms with Gasteiger partial charge in [0.15, 0.2) is 5.65 Å². The lowest BCUT2D eigenvalue weighted by Crippen LogP contribution is -2.38. The van der Waals surface area contributed by atoms with Crippen molar-refractivity contribution in [2.45, 2.75) is 64.1 Å². The predicted molar refractivity (Wildman–Crippen MR) is 119 cm³/mol. The Morgan fingerprint density at radius 1 is 1.23 bits per heavy atom. The first-order valence-corrected chi connectivity index (χ1v) is 11.6. The first kappa shape index (κ1) is 18.3. The summed E-state index contributed by atoms with van der Waals surface area (Å²) in [7, 11) is 0. The normalized spacial score (nSPS) is 21.4. The van der Waals surface area contributed by atoms with E-state index in [1.807, 2.05) is 6.20 Å². The zero-order chi connectivity index (χ0) is 20.5. The zero-order valence-electron chi connectivity index (χ0n) is 17.6. The Morgan fingerprint density at radius 3 is 2.93 bits per heavy atom. The third-order valence-corrected chi connectivity index (χ3v) is 7.54. The molecule has 1 saturated heterocycles. The van der Waals surface area contributed by atoms with Crippen molar-refractivity contribution in [3.63, 3.8) is 0 Å².